The number of carbonyl (C=O) groups is 4. The van der Waals surface area contributed by atoms with Crippen molar-refractivity contribution < 1.29 is 29.4 Å². The number of carboxylic acid groups (broad SMARTS) is 1. The summed E-state index contributed by atoms with van der Waals surface area (Å²) in [4.78, 5) is 49.5. The fourth-order valence-corrected chi connectivity index (χ4v) is 2.97. The SMILES string of the molecule is CC(C)C(NC(=O)C(Cc1ccccc1)NC(=O)C(NC(=O)C(N)CO)C(C)C)C(=O)O. The molecule has 0 heterocycles. The normalized spacial score (nSPS) is 14.9. The van der Waals surface area contributed by atoms with Crippen molar-refractivity contribution in [3.8, 4) is 0 Å². The van der Waals surface area contributed by atoms with Gasteiger partial charge < -0.3 is 31.9 Å². The van der Waals surface area contributed by atoms with Crippen LogP contribution in [0.15, 0.2) is 30.3 Å². The number of hydrogen-bond acceptors (Lipinski definition) is 6. The molecule has 7 N–H and O–H groups in total. The number of amides is 3. The highest BCUT2D eigenvalue weighted by molar-refractivity contribution is 5.94. The first kappa shape index (κ1) is 27.1. The fourth-order valence-electron chi connectivity index (χ4n) is 2.97. The molecular formula is C22H34N4O6. The van der Waals surface area contributed by atoms with E-state index in [4.69, 9.17) is 10.8 Å². The minimum atomic E-state index is -1.19. The van der Waals surface area contributed by atoms with Crippen LogP contribution in [0, 0.1) is 11.8 Å². The van der Waals surface area contributed by atoms with Crippen molar-refractivity contribution in [1.29, 1.82) is 0 Å². The van der Waals surface area contributed by atoms with Crippen molar-refractivity contribution in [2.45, 2.75) is 58.3 Å². The van der Waals surface area contributed by atoms with Crippen LogP contribution in [0.5, 0.6) is 0 Å². The molecule has 4 atom stereocenters. The third-order valence-electron chi connectivity index (χ3n) is 4.93. The third-order valence-corrected chi connectivity index (χ3v) is 4.93. The van der Waals surface area contributed by atoms with Gasteiger partial charge in [0, 0.05) is 6.42 Å². The van der Waals surface area contributed by atoms with Crippen LogP contribution in [0.2, 0.25) is 0 Å². The van der Waals surface area contributed by atoms with E-state index in [0.717, 1.165) is 5.56 Å². The number of carboxylic acids is 1. The molecular weight excluding hydrogens is 416 g/mol. The van der Waals surface area contributed by atoms with Crippen LogP contribution in [0.3, 0.4) is 0 Å². The van der Waals surface area contributed by atoms with Gasteiger partial charge in [-0.25, -0.2) is 4.79 Å². The van der Waals surface area contributed by atoms with Crippen LogP contribution < -0.4 is 21.7 Å². The Morgan fingerprint density at radius 1 is 0.844 bits per heavy atom. The number of rotatable bonds is 12. The van der Waals surface area contributed by atoms with Crippen LogP contribution in [-0.2, 0) is 25.6 Å². The van der Waals surface area contributed by atoms with E-state index in [9.17, 15) is 24.3 Å². The van der Waals surface area contributed by atoms with Gasteiger partial charge in [-0.05, 0) is 17.4 Å². The predicted molar refractivity (Wildman–Crippen MR) is 118 cm³/mol. The zero-order valence-corrected chi connectivity index (χ0v) is 18.9. The number of benzene rings is 1. The molecule has 0 saturated heterocycles. The monoisotopic (exact) mass is 450 g/mol. The molecule has 1 aromatic carbocycles. The average Bonchev–Trinajstić information content (AvgIpc) is 2.74. The minimum Gasteiger partial charge on any atom is -0.480 e. The van der Waals surface area contributed by atoms with Gasteiger partial charge in [-0.3, -0.25) is 14.4 Å². The van der Waals surface area contributed by atoms with E-state index in [1.54, 1.807) is 52.0 Å². The Labute approximate surface area is 187 Å². The smallest absolute Gasteiger partial charge is 0.326 e. The molecule has 0 aliphatic carbocycles. The van der Waals surface area contributed by atoms with Gasteiger partial charge in [0.25, 0.3) is 0 Å². The molecule has 10 nitrogen and oxygen atoms in total. The van der Waals surface area contributed by atoms with Crippen LogP contribution in [0.4, 0.5) is 0 Å². The van der Waals surface area contributed by atoms with E-state index in [2.05, 4.69) is 16.0 Å². The molecule has 0 aliphatic heterocycles. The molecule has 0 radical (unpaired) electrons. The van der Waals surface area contributed by atoms with Crippen molar-refractivity contribution in [3.63, 3.8) is 0 Å². The zero-order valence-electron chi connectivity index (χ0n) is 18.9. The lowest BCUT2D eigenvalue weighted by atomic mass is 9.99. The summed E-state index contributed by atoms with van der Waals surface area (Å²) in [6.45, 7) is 6.17. The molecule has 1 aromatic rings. The maximum absolute atomic E-state index is 13.0. The number of carbonyl (C=O) groups excluding carboxylic acids is 3. The molecule has 4 unspecified atom stereocenters. The Bertz CT molecular complexity index is 784. The van der Waals surface area contributed by atoms with Crippen molar-refractivity contribution >= 4 is 23.7 Å². The maximum Gasteiger partial charge on any atom is 0.326 e. The van der Waals surface area contributed by atoms with Crippen LogP contribution in [0.25, 0.3) is 0 Å². The highest BCUT2D eigenvalue weighted by Gasteiger charge is 2.32. The lowest BCUT2D eigenvalue weighted by molar-refractivity contribution is -0.143. The van der Waals surface area contributed by atoms with Gasteiger partial charge in [-0.15, -0.1) is 0 Å². The molecule has 178 valence electrons. The van der Waals surface area contributed by atoms with E-state index in [-0.39, 0.29) is 18.3 Å². The van der Waals surface area contributed by atoms with E-state index in [1.165, 1.54) is 0 Å². The first-order chi connectivity index (χ1) is 15.0. The summed E-state index contributed by atoms with van der Waals surface area (Å²) >= 11 is 0. The Hall–Kier alpha value is -2.98. The van der Waals surface area contributed by atoms with Gasteiger partial charge in [-0.2, -0.15) is 0 Å². The van der Waals surface area contributed by atoms with E-state index >= 15 is 0 Å². The number of nitrogens with one attached hydrogen (secondary N) is 3. The lowest BCUT2D eigenvalue weighted by Crippen LogP contribution is -2.59. The maximum atomic E-state index is 13.0. The number of aliphatic hydroxyl groups excluding tert-OH is 1. The topological polar surface area (TPSA) is 171 Å². The van der Waals surface area contributed by atoms with Gasteiger partial charge in [-0.1, -0.05) is 58.0 Å². The van der Waals surface area contributed by atoms with Gasteiger partial charge in [0.1, 0.15) is 24.2 Å². The van der Waals surface area contributed by atoms with Gasteiger partial charge >= 0.3 is 5.97 Å². The van der Waals surface area contributed by atoms with Gasteiger partial charge in [0.05, 0.1) is 6.61 Å². The molecule has 0 aromatic heterocycles. The first-order valence-electron chi connectivity index (χ1n) is 10.5. The number of nitrogens with two attached hydrogens (primary N) is 1. The summed E-state index contributed by atoms with van der Waals surface area (Å²) in [6, 6.07) is 4.56. The second-order valence-corrected chi connectivity index (χ2v) is 8.34. The van der Waals surface area contributed by atoms with E-state index < -0.39 is 54.5 Å². The molecule has 0 bridgehead atoms. The fraction of sp³-hybridized carbons (Fsp3) is 0.545. The molecule has 0 saturated carbocycles. The zero-order chi connectivity index (χ0) is 24.4. The molecule has 0 spiro atoms. The Morgan fingerprint density at radius 3 is 1.84 bits per heavy atom. The average molecular weight is 451 g/mol. The molecule has 1 rings (SSSR count). The number of aliphatic hydroxyl groups is 1. The molecule has 0 fully saturated rings. The number of aliphatic carboxylic acids is 1. The first-order valence-corrected chi connectivity index (χ1v) is 10.5. The quantitative estimate of drug-likeness (QED) is 0.247. The van der Waals surface area contributed by atoms with Crippen molar-refractivity contribution in [3.05, 3.63) is 35.9 Å². The lowest BCUT2D eigenvalue weighted by Gasteiger charge is -2.27. The van der Waals surface area contributed by atoms with Gasteiger partial charge in [0.15, 0.2) is 0 Å². The van der Waals surface area contributed by atoms with Crippen LogP contribution in [0.1, 0.15) is 33.3 Å². The van der Waals surface area contributed by atoms with E-state index in [1.807, 2.05) is 6.07 Å². The Morgan fingerprint density at radius 2 is 1.38 bits per heavy atom. The largest absolute Gasteiger partial charge is 0.480 e. The highest BCUT2D eigenvalue weighted by Crippen LogP contribution is 2.09. The third kappa shape index (κ3) is 8.27. The highest BCUT2D eigenvalue weighted by atomic mass is 16.4. The van der Waals surface area contributed by atoms with Crippen molar-refractivity contribution in [1.82, 2.24) is 16.0 Å². The summed E-state index contributed by atoms with van der Waals surface area (Å²) in [5, 5.41) is 26.1. The van der Waals surface area contributed by atoms with Crippen molar-refractivity contribution in [2.24, 2.45) is 17.6 Å². The predicted octanol–water partition coefficient (Wildman–Crippen LogP) is -0.600. The standard InChI is InChI=1S/C22H34N4O6/c1-12(2)17(25-19(28)15(23)11-27)21(30)24-16(10-14-8-6-5-7-9-14)20(29)26-18(13(3)4)22(31)32/h5-9,12-13,15-18,27H,10-11,23H2,1-4H3,(H,24,30)(H,25,28)(H,26,29)(H,31,32). The molecule has 32 heavy (non-hydrogen) atoms. The second kappa shape index (κ2) is 12.8. The summed E-state index contributed by atoms with van der Waals surface area (Å²) < 4.78 is 0. The Balaban J connectivity index is 3.09. The number of hydrogen-bond donors (Lipinski definition) is 6. The molecule has 3 amide bonds. The van der Waals surface area contributed by atoms with E-state index in [0.29, 0.717) is 0 Å². The molecule has 0 aliphatic rings. The Kier molecular flexibility index (Phi) is 10.8. The second-order valence-electron chi connectivity index (χ2n) is 8.34. The summed E-state index contributed by atoms with van der Waals surface area (Å²) in [7, 11) is 0. The summed E-state index contributed by atoms with van der Waals surface area (Å²) in [6.07, 6.45) is 0.123. The van der Waals surface area contributed by atoms with Crippen LogP contribution >= 0.6 is 0 Å². The minimum absolute atomic E-state index is 0.123. The summed E-state index contributed by atoms with van der Waals surface area (Å²) in [5.41, 5.74) is 6.28. The van der Waals surface area contributed by atoms with Crippen LogP contribution in [-0.4, -0.2) is 64.7 Å². The summed E-state index contributed by atoms with van der Waals surface area (Å²) in [5.74, 6) is -3.85. The van der Waals surface area contributed by atoms with Gasteiger partial charge in [0.2, 0.25) is 17.7 Å². The van der Waals surface area contributed by atoms with Crippen molar-refractivity contribution in [2.75, 3.05) is 6.61 Å². The molecule has 10 heteroatoms.